The minimum atomic E-state index is -2.89. The van der Waals surface area contributed by atoms with Crippen molar-refractivity contribution in [3.8, 4) is 0 Å². The summed E-state index contributed by atoms with van der Waals surface area (Å²) in [6, 6.07) is -0.0370. The molecule has 0 radical (unpaired) electrons. The Kier molecular flexibility index (Phi) is 6.50. The average molecular weight is 383 g/mol. The molecule has 0 spiro atoms. The largest absolute Gasteiger partial charge is 0.357 e. The number of aliphatic imine (C=N–C) groups is 1. The van der Waals surface area contributed by atoms with Crippen LogP contribution in [0.25, 0.3) is 0 Å². The van der Waals surface area contributed by atoms with Crippen LogP contribution in [-0.2, 0) is 29.2 Å². The average Bonchev–Trinajstić information content (AvgIpc) is 3.05. The molecule has 26 heavy (non-hydrogen) atoms. The van der Waals surface area contributed by atoms with Crippen LogP contribution in [0, 0.1) is 0 Å². The van der Waals surface area contributed by atoms with Crippen molar-refractivity contribution in [2.24, 2.45) is 4.99 Å². The molecule has 1 aromatic rings. The van der Waals surface area contributed by atoms with E-state index >= 15 is 0 Å². The van der Waals surface area contributed by atoms with Crippen LogP contribution in [0.5, 0.6) is 0 Å². The number of rotatable bonds is 6. The van der Waals surface area contributed by atoms with Gasteiger partial charge in [-0.2, -0.15) is 0 Å². The van der Waals surface area contributed by atoms with E-state index in [0.717, 1.165) is 44.0 Å². The molecule has 146 valence electrons. The summed E-state index contributed by atoms with van der Waals surface area (Å²) in [5.74, 6) is 3.36. The smallest absolute Gasteiger partial charge is 0.191 e. The standard InChI is InChI=1S/C17H30N6O2S/c1-2-18-17(20-14-9-12-26(24,25)13-14)19-10-6-8-16-22-21-15-7-4-3-5-11-23(15)16/h14H,2-13H2,1H3,(H2,18,19,20). The molecule has 9 heteroatoms. The molecule has 1 atom stereocenters. The third kappa shape index (κ3) is 5.18. The van der Waals surface area contributed by atoms with E-state index in [0.29, 0.717) is 18.9 Å². The minimum Gasteiger partial charge on any atom is -0.357 e. The summed E-state index contributed by atoms with van der Waals surface area (Å²) in [6.45, 7) is 4.47. The van der Waals surface area contributed by atoms with Crippen molar-refractivity contribution in [3.63, 3.8) is 0 Å². The number of sulfone groups is 1. The highest BCUT2D eigenvalue weighted by Gasteiger charge is 2.28. The van der Waals surface area contributed by atoms with Crippen LogP contribution >= 0.6 is 0 Å². The lowest BCUT2D eigenvalue weighted by Crippen LogP contribution is -2.44. The monoisotopic (exact) mass is 382 g/mol. The van der Waals surface area contributed by atoms with Gasteiger partial charge >= 0.3 is 0 Å². The fraction of sp³-hybridized carbons (Fsp3) is 0.824. The van der Waals surface area contributed by atoms with Crippen molar-refractivity contribution in [1.29, 1.82) is 0 Å². The number of guanidine groups is 1. The van der Waals surface area contributed by atoms with Crippen molar-refractivity contribution in [2.75, 3.05) is 24.6 Å². The van der Waals surface area contributed by atoms with Crippen LogP contribution < -0.4 is 10.6 Å². The molecule has 8 nitrogen and oxygen atoms in total. The minimum absolute atomic E-state index is 0.0370. The number of aryl methyl sites for hydroxylation is 2. The Morgan fingerprint density at radius 1 is 1.31 bits per heavy atom. The van der Waals surface area contributed by atoms with Crippen LogP contribution in [0.3, 0.4) is 0 Å². The van der Waals surface area contributed by atoms with Gasteiger partial charge in [-0.1, -0.05) is 6.42 Å². The Morgan fingerprint density at radius 2 is 2.19 bits per heavy atom. The van der Waals surface area contributed by atoms with Crippen molar-refractivity contribution in [3.05, 3.63) is 11.6 Å². The maximum atomic E-state index is 11.6. The molecule has 3 heterocycles. The summed E-state index contributed by atoms with van der Waals surface area (Å²) >= 11 is 0. The van der Waals surface area contributed by atoms with Gasteiger partial charge in [0.1, 0.15) is 11.6 Å². The zero-order chi connectivity index (χ0) is 18.4. The van der Waals surface area contributed by atoms with E-state index in [2.05, 4.69) is 30.4 Å². The first-order chi connectivity index (χ1) is 12.6. The van der Waals surface area contributed by atoms with Crippen LogP contribution in [-0.4, -0.2) is 59.8 Å². The van der Waals surface area contributed by atoms with Gasteiger partial charge in [0, 0.05) is 38.5 Å². The van der Waals surface area contributed by atoms with Gasteiger partial charge in [0.05, 0.1) is 11.5 Å². The molecule has 0 bridgehead atoms. The maximum Gasteiger partial charge on any atom is 0.191 e. The van der Waals surface area contributed by atoms with Gasteiger partial charge in [-0.3, -0.25) is 4.99 Å². The molecule has 0 amide bonds. The van der Waals surface area contributed by atoms with Crippen LogP contribution in [0.2, 0.25) is 0 Å². The summed E-state index contributed by atoms with van der Waals surface area (Å²) in [4.78, 5) is 4.60. The fourth-order valence-electron chi connectivity index (χ4n) is 3.58. The second-order valence-corrected chi connectivity index (χ2v) is 9.33. The summed E-state index contributed by atoms with van der Waals surface area (Å²) in [5, 5.41) is 15.1. The molecule has 2 N–H and O–H groups in total. The second-order valence-electron chi connectivity index (χ2n) is 7.10. The Hall–Kier alpha value is -1.64. The Morgan fingerprint density at radius 3 is 2.96 bits per heavy atom. The van der Waals surface area contributed by atoms with E-state index in [-0.39, 0.29) is 17.5 Å². The van der Waals surface area contributed by atoms with Gasteiger partial charge < -0.3 is 15.2 Å². The summed E-state index contributed by atoms with van der Waals surface area (Å²) in [7, 11) is -2.89. The SMILES string of the molecule is CCNC(=NCCCc1nnc2n1CCCCC2)NC1CCS(=O)(=O)C1. The Bertz CT molecular complexity index is 728. The van der Waals surface area contributed by atoms with Crippen molar-refractivity contribution < 1.29 is 8.42 Å². The molecule has 1 fully saturated rings. The molecular weight excluding hydrogens is 352 g/mol. The first-order valence-electron chi connectivity index (χ1n) is 9.73. The second kappa shape index (κ2) is 8.83. The highest BCUT2D eigenvalue weighted by atomic mass is 32.2. The predicted molar refractivity (Wildman–Crippen MR) is 102 cm³/mol. The molecule has 0 saturated carbocycles. The molecule has 2 aliphatic rings. The fourth-order valence-corrected chi connectivity index (χ4v) is 5.25. The number of nitrogens with zero attached hydrogens (tertiary/aromatic N) is 4. The number of fused-ring (bicyclic) bond motifs is 1. The van der Waals surface area contributed by atoms with Gasteiger partial charge in [0.2, 0.25) is 0 Å². The summed E-state index contributed by atoms with van der Waals surface area (Å²) in [5.41, 5.74) is 0. The molecule has 1 unspecified atom stereocenters. The molecule has 0 aliphatic carbocycles. The molecule has 1 aromatic heterocycles. The van der Waals surface area contributed by atoms with E-state index < -0.39 is 9.84 Å². The molecule has 2 aliphatic heterocycles. The molecule has 3 rings (SSSR count). The first kappa shape index (κ1) is 19.1. The third-order valence-electron chi connectivity index (χ3n) is 4.93. The quantitative estimate of drug-likeness (QED) is 0.426. The Labute approximate surface area is 155 Å². The van der Waals surface area contributed by atoms with Gasteiger partial charge in [-0.05, 0) is 32.6 Å². The normalized spacial score (nSPS) is 22.7. The van der Waals surface area contributed by atoms with Crippen molar-refractivity contribution >= 4 is 15.8 Å². The van der Waals surface area contributed by atoms with E-state index in [4.69, 9.17) is 0 Å². The highest BCUT2D eigenvalue weighted by Crippen LogP contribution is 2.15. The predicted octanol–water partition coefficient (Wildman–Crippen LogP) is 0.679. The first-order valence-corrected chi connectivity index (χ1v) is 11.6. The maximum absolute atomic E-state index is 11.6. The lowest BCUT2D eigenvalue weighted by Gasteiger charge is -2.15. The van der Waals surface area contributed by atoms with Gasteiger partial charge in [-0.25, -0.2) is 8.42 Å². The third-order valence-corrected chi connectivity index (χ3v) is 6.70. The summed E-state index contributed by atoms with van der Waals surface area (Å²) < 4.78 is 25.5. The lowest BCUT2D eigenvalue weighted by molar-refractivity contribution is 0.596. The van der Waals surface area contributed by atoms with E-state index in [1.807, 2.05) is 6.92 Å². The van der Waals surface area contributed by atoms with Crippen molar-refractivity contribution in [2.45, 2.75) is 64.5 Å². The number of hydrogen-bond donors (Lipinski definition) is 2. The van der Waals surface area contributed by atoms with Crippen LogP contribution in [0.15, 0.2) is 4.99 Å². The Balaban J connectivity index is 1.50. The molecular formula is C17H30N6O2S. The topological polar surface area (TPSA) is 101 Å². The molecule has 0 aromatic carbocycles. The zero-order valence-corrected chi connectivity index (χ0v) is 16.4. The highest BCUT2D eigenvalue weighted by molar-refractivity contribution is 7.91. The van der Waals surface area contributed by atoms with Crippen molar-refractivity contribution in [1.82, 2.24) is 25.4 Å². The zero-order valence-electron chi connectivity index (χ0n) is 15.6. The summed E-state index contributed by atoms with van der Waals surface area (Å²) in [6.07, 6.45) is 7.13. The van der Waals surface area contributed by atoms with Crippen LogP contribution in [0.4, 0.5) is 0 Å². The van der Waals surface area contributed by atoms with E-state index in [1.165, 1.54) is 19.3 Å². The lowest BCUT2D eigenvalue weighted by atomic mass is 10.2. The van der Waals surface area contributed by atoms with Gasteiger partial charge in [0.25, 0.3) is 0 Å². The number of aromatic nitrogens is 3. The van der Waals surface area contributed by atoms with Gasteiger partial charge in [0.15, 0.2) is 15.8 Å². The number of hydrogen-bond acceptors (Lipinski definition) is 5. The van der Waals surface area contributed by atoms with E-state index in [1.54, 1.807) is 0 Å². The van der Waals surface area contributed by atoms with Crippen LogP contribution in [0.1, 0.15) is 50.7 Å². The number of nitrogens with one attached hydrogen (secondary N) is 2. The van der Waals surface area contributed by atoms with E-state index in [9.17, 15) is 8.42 Å². The van der Waals surface area contributed by atoms with Gasteiger partial charge in [-0.15, -0.1) is 10.2 Å². The molecule has 1 saturated heterocycles.